The van der Waals surface area contributed by atoms with Gasteiger partial charge in [-0.25, -0.2) is 4.79 Å². The van der Waals surface area contributed by atoms with Crippen molar-refractivity contribution in [2.45, 2.75) is 40.0 Å². The highest BCUT2D eigenvalue weighted by molar-refractivity contribution is 6.66. The van der Waals surface area contributed by atoms with Crippen molar-refractivity contribution in [3.05, 3.63) is 24.4 Å². The summed E-state index contributed by atoms with van der Waals surface area (Å²) < 4.78 is 22.0. The Labute approximate surface area is 129 Å². The van der Waals surface area contributed by atoms with Crippen LogP contribution in [0.15, 0.2) is 24.4 Å². The Balaban J connectivity index is 3.83. The molecular weight excluding hydrogens is 288 g/mol. The molecule has 0 unspecified atom stereocenters. The van der Waals surface area contributed by atoms with Crippen molar-refractivity contribution in [2.24, 2.45) is 0 Å². The average molecular weight is 316 g/mol. The molecule has 21 heavy (non-hydrogen) atoms. The molecule has 0 aliphatic heterocycles. The Bertz CT molecular complexity index is 324. The van der Waals surface area contributed by atoms with Crippen LogP contribution in [0, 0.1) is 0 Å². The van der Waals surface area contributed by atoms with Crippen molar-refractivity contribution in [3.8, 4) is 0 Å². The Morgan fingerprint density at radius 2 is 1.62 bits per heavy atom. The number of hydrogen-bond acceptors (Lipinski definition) is 5. The number of unbranched alkanes of at least 4 members (excludes halogenated alkanes) is 2. The maximum atomic E-state index is 11.2. The number of ether oxygens (including phenoxy) is 1. The second-order valence-electron chi connectivity index (χ2n) is 4.50. The molecule has 0 amide bonds. The Hall–Kier alpha value is -0.953. The zero-order valence-electron chi connectivity index (χ0n) is 13.5. The summed E-state index contributed by atoms with van der Waals surface area (Å²) in [6.07, 6.45) is 2.56. The van der Waals surface area contributed by atoms with Gasteiger partial charge in [0, 0.05) is 25.4 Å². The van der Waals surface area contributed by atoms with E-state index in [0.717, 1.165) is 19.3 Å². The summed E-state index contributed by atoms with van der Waals surface area (Å²) in [4.78, 5) is 11.2. The van der Waals surface area contributed by atoms with Gasteiger partial charge in [-0.2, -0.15) is 0 Å². The van der Waals surface area contributed by atoms with E-state index in [0.29, 0.717) is 32.0 Å². The normalized spacial score (nSPS) is 11.2. The lowest BCUT2D eigenvalue weighted by Gasteiger charge is -2.25. The predicted octanol–water partition coefficient (Wildman–Crippen LogP) is 3.03. The summed E-state index contributed by atoms with van der Waals surface area (Å²) >= 11 is 0. The lowest BCUT2D eigenvalue weighted by molar-refractivity contribution is -0.139. The first-order chi connectivity index (χ1) is 10.0. The molecule has 0 aromatic rings. The first-order valence-electron chi connectivity index (χ1n) is 7.39. The minimum atomic E-state index is -2.70. The summed E-state index contributed by atoms with van der Waals surface area (Å²) in [6, 6.07) is 0. The highest BCUT2D eigenvalue weighted by Gasteiger charge is 2.36. The second kappa shape index (κ2) is 11.7. The van der Waals surface area contributed by atoms with Gasteiger partial charge in [0.2, 0.25) is 0 Å². The van der Waals surface area contributed by atoms with Crippen LogP contribution >= 0.6 is 0 Å². The lowest BCUT2D eigenvalue weighted by Crippen LogP contribution is -2.44. The molecule has 122 valence electrons. The number of esters is 1. The fourth-order valence-electron chi connectivity index (χ4n) is 1.59. The van der Waals surface area contributed by atoms with Crippen LogP contribution in [0.1, 0.15) is 40.0 Å². The maximum Gasteiger partial charge on any atom is 0.528 e. The molecule has 0 radical (unpaired) electrons. The fourth-order valence-corrected chi connectivity index (χ4v) is 3.42. The van der Waals surface area contributed by atoms with E-state index in [9.17, 15) is 4.79 Å². The molecule has 5 nitrogen and oxygen atoms in total. The minimum absolute atomic E-state index is 0.336. The van der Waals surface area contributed by atoms with Crippen LogP contribution in [0.3, 0.4) is 0 Å². The number of carbonyl (C=O) groups excluding carboxylic acids is 1. The van der Waals surface area contributed by atoms with Gasteiger partial charge in [0.25, 0.3) is 0 Å². The van der Waals surface area contributed by atoms with Crippen LogP contribution in [0.25, 0.3) is 0 Å². The maximum absolute atomic E-state index is 11.2. The fraction of sp³-hybridized carbons (Fsp3) is 0.667. The molecule has 0 saturated carbocycles. The molecule has 6 heteroatoms. The lowest BCUT2D eigenvalue weighted by atomic mass is 10.2. The van der Waals surface area contributed by atoms with Crippen molar-refractivity contribution >= 4 is 14.8 Å². The third-order valence-corrected chi connectivity index (χ3v) is 5.10. The monoisotopic (exact) mass is 316 g/mol. The predicted molar refractivity (Wildman–Crippen MR) is 84.8 cm³/mol. The topological polar surface area (TPSA) is 54.0 Å². The molecule has 0 saturated heterocycles. The van der Waals surface area contributed by atoms with Gasteiger partial charge in [0.15, 0.2) is 0 Å². The van der Waals surface area contributed by atoms with E-state index in [-0.39, 0.29) is 5.97 Å². The first-order valence-corrected chi connectivity index (χ1v) is 9.19. The molecule has 0 N–H and O–H groups in total. The van der Waals surface area contributed by atoms with Gasteiger partial charge in [-0.05, 0) is 45.7 Å². The van der Waals surface area contributed by atoms with E-state index < -0.39 is 8.80 Å². The highest BCUT2D eigenvalue weighted by Crippen LogP contribution is 2.12. The average Bonchev–Trinajstić information content (AvgIpc) is 2.46. The van der Waals surface area contributed by atoms with Crippen LogP contribution in [0.5, 0.6) is 0 Å². The number of rotatable bonds is 13. The molecule has 0 atom stereocenters. The Kier molecular flexibility index (Phi) is 11.1. The smallest absolute Gasteiger partial charge is 0.462 e. The quantitative estimate of drug-likeness (QED) is 0.226. The third kappa shape index (κ3) is 8.82. The van der Waals surface area contributed by atoms with Gasteiger partial charge in [-0.3, -0.25) is 0 Å². The zero-order chi connectivity index (χ0) is 16.1. The van der Waals surface area contributed by atoms with Gasteiger partial charge in [0.1, 0.15) is 0 Å². The summed E-state index contributed by atoms with van der Waals surface area (Å²) in [5.74, 6) is -0.336. The largest absolute Gasteiger partial charge is 0.528 e. The van der Waals surface area contributed by atoms with E-state index in [2.05, 4.69) is 13.2 Å². The van der Waals surface area contributed by atoms with E-state index in [4.69, 9.17) is 18.0 Å². The Morgan fingerprint density at radius 3 is 2.10 bits per heavy atom. The molecule has 0 aliphatic rings. The van der Waals surface area contributed by atoms with Crippen molar-refractivity contribution in [1.29, 1.82) is 0 Å². The highest BCUT2D eigenvalue weighted by atomic mass is 28.4. The summed E-state index contributed by atoms with van der Waals surface area (Å²) in [6.45, 7) is 14.8. The summed E-state index contributed by atoms with van der Waals surface area (Å²) in [7, 11) is -2.70. The molecule has 0 aromatic carbocycles. The molecule has 0 heterocycles. The van der Waals surface area contributed by atoms with Gasteiger partial charge < -0.3 is 18.0 Å². The molecule has 0 fully saturated rings. The Morgan fingerprint density at radius 1 is 1.05 bits per heavy atom. The van der Waals surface area contributed by atoms with E-state index in [1.807, 2.05) is 13.8 Å². The second-order valence-corrected chi connectivity index (χ2v) is 6.98. The molecule has 0 spiro atoms. The van der Waals surface area contributed by atoms with E-state index in [1.165, 1.54) is 0 Å². The van der Waals surface area contributed by atoms with E-state index >= 15 is 0 Å². The molecule has 0 rings (SSSR count). The van der Waals surface area contributed by atoms with Crippen molar-refractivity contribution in [1.82, 2.24) is 0 Å². The van der Waals surface area contributed by atoms with Crippen molar-refractivity contribution < 1.29 is 22.8 Å². The van der Waals surface area contributed by atoms with Crippen molar-refractivity contribution in [2.75, 3.05) is 26.4 Å². The standard InChI is InChI=1S/C15H28O5Si/c1-6-18-21(8-3,19-7-2)20-13-11-9-10-12-17-15(16)14(4)5/h8H,3-4,6-7,9-13H2,1-2,5H3. The molecule has 0 aliphatic carbocycles. The molecular formula is C15H28O5Si. The molecule has 0 bridgehead atoms. The van der Waals surface area contributed by atoms with Crippen LogP contribution in [0.2, 0.25) is 0 Å². The first kappa shape index (κ1) is 20.0. The van der Waals surface area contributed by atoms with Gasteiger partial charge in [-0.1, -0.05) is 13.2 Å². The number of hydrogen-bond donors (Lipinski definition) is 0. The molecule has 0 aromatic heterocycles. The summed E-state index contributed by atoms with van der Waals surface area (Å²) in [5.41, 5.74) is 2.09. The SMILES string of the molecule is C=C[Si](OCC)(OCC)OCCCCCOC(=O)C(=C)C. The third-order valence-electron chi connectivity index (χ3n) is 2.61. The van der Waals surface area contributed by atoms with E-state index in [1.54, 1.807) is 12.6 Å². The van der Waals surface area contributed by atoms with Crippen LogP contribution in [-0.2, 0) is 22.8 Å². The number of carbonyl (C=O) groups is 1. The van der Waals surface area contributed by atoms with Crippen molar-refractivity contribution in [3.63, 3.8) is 0 Å². The van der Waals surface area contributed by atoms with Gasteiger partial charge in [-0.15, -0.1) is 0 Å². The minimum Gasteiger partial charge on any atom is -0.462 e. The summed E-state index contributed by atoms with van der Waals surface area (Å²) in [5, 5.41) is 0. The van der Waals surface area contributed by atoms with Gasteiger partial charge >= 0.3 is 14.8 Å². The zero-order valence-corrected chi connectivity index (χ0v) is 14.5. The van der Waals surface area contributed by atoms with Crippen LogP contribution < -0.4 is 0 Å². The van der Waals surface area contributed by atoms with Gasteiger partial charge in [0.05, 0.1) is 6.61 Å². The van der Waals surface area contributed by atoms with Crippen LogP contribution in [0.4, 0.5) is 0 Å². The van der Waals surface area contributed by atoms with Crippen LogP contribution in [-0.4, -0.2) is 41.2 Å².